The van der Waals surface area contributed by atoms with E-state index in [-0.39, 0.29) is 6.61 Å². The van der Waals surface area contributed by atoms with Gasteiger partial charge < -0.3 is 14.0 Å². The molecule has 1 aliphatic heterocycles. The number of esters is 1. The van der Waals surface area contributed by atoms with Crippen LogP contribution in [0.4, 0.5) is 0 Å². The van der Waals surface area contributed by atoms with Crippen LogP contribution in [0.1, 0.15) is 46.8 Å². The summed E-state index contributed by atoms with van der Waals surface area (Å²) in [5, 5.41) is 2.63. The first kappa shape index (κ1) is 25.9. The molecule has 0 aliphatic carbocycles. The van der Waals surface area contributed by atoms with Crippen LogP contribution in [0, 0.1) is 0 Å². The summed E-state index contributed by atoms with van der Waals surface area (Å²) in [4.78, 5) is 37.9. The highest BCUT2D eigenvalue weighted by atomic mass is 31.2. The Morgan fingerprint density at radius 3 is 2.59 bits per heavy atom. The van der Waals surface area contributed by atoms with Gasteiger partial charge >= 0.3 is 19.4 Å². The molecule has 12 heteroatoms. The molecule has 34 heavy (non-hydrogen) atoms. The average Bonchev–Trinajstić information content (AvgIpc) is 3.20. The summed E-state index contributed by atoms with van der Waals surface area (Å²) in [6.07, 6.45) is 1.29. The van der Waals surface area contributed by atoms with Crippen LogP contribution in [0.5, 0.6) is 5.75 Å². The normalized spacial score (nSPS) is 20.9. The minimum absolute atomic E-state index is 0.118. The quantitative estimate of drug-likeness (QED) is 0.397. The van der Waals surface area contributed by atoms with Crippen LogP contribution in [0.2, 0.25) is 0 Å². The van der Waals surface area contributed by atoms with Crippen molar-refractivity contribution in [3.05, 3.63) is 63.4 Å². The van der Waals surface area contributed by atoms with Crippen molar-refractivity contribution in [3.63, 3.8) is 0 Å². The van der Waals surface area contributed by atoms with Crippen molar-refractivity contribution in [1.29, 1.82) is 0 Å². The highest BCUT2D eigenvalue weighted by Gasteiger charge is 2.36. The Hall–Kier alpha value is -2.72. The van der Waals surface area contributed by atoms with Gasteiger partial charge in [-0.15, -0.1) is 0 Å². The van der Waals surface area contributed by atoms with E-state index in [2.05, 4.69) is 10.1 Å². The highest BCUT2D eigenvalue weighted by molar-refractivity contribution is 7.52. The second kappa shape index (κ2) is 10.7. The Kier molecular flexibility index (Phi) is 8.14. The van der Waals surface area contributed by atoms with Gasteiger partial charge in [0.1, 0.15) is 23.6 Å². The second-order valence-electron chi connectivity index (χ2n) is 8.89. The minimum atomic E-state index is -4.02. The van der Waals surface area contributed by atoms with E-state index in [1.54, 1.807) is 51.1 Å². The zero-order chi connectivity index (χ0) is 24.9. The minimum Gasteiger partial charge on any atom is -0.459 e. The van der Waals surface area contributed by atoms with Crippen LogP contribution in [-0.2, 0) is 23.4 Å². The van der Waals surface area contributed by atoms with E-state index in [1.807, 2.05) is 0 Å². The maximum Gasteiger partial charge on any atom is 0.459 e. The molecule has 186 valence electrons. The number of hydrogen-bond acceptors (Lipinski definition) is 8. The van der Waals surface area contributed by atoms with E-state index in [0.29, 0.717) is 18.6 Å². The lowest BCUT2D eigenvalue weighted by Gasteiger charge is -2.26. The summed E-state index contributed by atoms with van der Waals surface area (Å²) in [6, 6.07) is 8.68. The van der Waals surface area contributed by atoms with Crippen LogP contribution in [0.25, 0.3) is 0 Å². The van der Waals surface area contributed by atoms with E-state index in [1.165, 1.54) is 23.8 Å². The Labute approximate surface area is 197 Å². The third kappa shape index (κ3) is 7.39. The van der Waals surface area contributed by atoms with E-state index >= 15 is 0 Å². The third-order valence-corrected chi connectivity index (χ3v) is 6.40. The first-order valence-electron chi connectivity index (χ1n) is 10.9. The zero-order valence-corrected chi connectivity index (χ0v) is 20.4. The van der Waals surface area contributed by atoms with Gasteiger partial charge in [-0.1, -0.05) is 18.2 Å². The fourth-order valence-corrected chi connectivity index (χ4v) is 4.76. The molecule has 1 aromatic carbocycles. The molecule has 2 N–H and O–H groups in total. The van der Waals surface area contributed by atoms with Gasteiger partial charge in [0.25, 0.3) is 5.56 Å². The Morgan fingerprint density at radius 2 is 1.94 bits per heavy atom. The Morgan fingerprint density at radius 1 is 1.24 bits per heavy atom. The number of carbonyl (C=O) groups is 1. The summed E-state index contributed by atoms with van der Waals surface area (Å²) in [5.41, 5.74) is -1.79. The van der Waals surface area contributed by atoms with Gasteiger partial charge in [-0.25, -0.2) is 9.36 Å². The molecule has 1 aromatic heterocycles. The zero-order valence-electron chi connectivity index (χ0n) is 19.6. The number of H-pyrrole nitrogens is 1. The fraction of sp³-hybridized carbons (Fsp3) is 0.500. The Bertz CT molecular complexity index is 1140. The van der Waals surface area contributed by atoms with Crippen molar-refractivity contribution in [2.24, 2.45) is 0 Å². The number of hydrogen-bond donors (Lipinski definition) is 2. The fourth-order valence-electron chi connectivity index (χ4n) is 3.24. The molecule has 1 aliphatic rings. The predicted octanol–water partition coefficient (Wildman–Crippen LogP) is 2.74. The van der Waals surface area contributed by atoms with E-state index in [9.17, 15) is 18.9 Å². The molecule has 1 saturated heterocycles. The maximum absolute atomic E-state index is 13.5. The number of rotatable bonds is 9. The highest BCUT2D eigenvalue weighted by Crippen LogP contribution is 2.45. The summed E-state index contributed by atoms with van der Waals surface area (Å²) in [7, 11) is -4.02. The molecular formula is C22H30N3O8P. The summed E-state index contributed by atoms with van der Waals surface area (Å²) in [5.74, 6) is -0.317. The SMILES string of the molecule is C[C@H](NP(=O)(OC[C@@H]1CC[C@H](n2ccc(=O)[nH]c2=O)O1)Oc1ccccc1)C(=O)OC(C)(C)C. The topological polar surface area (TPSA) is 138 Å². The predicted molar refractivity (Wildman–Crippen MR) is 124 cm³/mol. The van der Waals surface area contributed by atoms with Crippen LogP contribution < -0.4 is 20.9 Å². The smallest absolute Gasteiger partial charge is 0.459 e. The van der Waals surface area contributed by atoms with Crippen molar-refractivity contribution in [1.82, 2.24) is 14.6 Å². The molecule has 11 nitrogen and oxygen atoms in total. The lowest BCUT2D eigenvalue weighted by atomic mass is 10.2. The van der Waals surface area contributed by atoms with Crippen molar-refractivity contribution in [3.8, 4) is 5.75 Å². The lowest BCUT2D eigenvalue weighted by molar-refractivity contribution is -0.156. The molecular weight excluding hydrogens is 465 g/mol. The Balaban J connectivity index is 1.68. The largest absolute Gasteiger partial charge is 0.459 e. The first-order valence-corrected chi connectivity index (χ1v) is 12.5. The van der Waals surface area contributed by atoms with Crippen LogP contribution in [-0.4, -0.2) is 39.9 Å². The number of carbonyl (C=O) groups excluding carboxylic acids is 1. The molecule has 0 amide bonds. The number of nitrogens with one attached hydrogen (secondary N) is 2. The standard InChI is InChI=1S/C22H30N3O8P/c1-15(20(27)32-22(2,3)4)24-34(29,33-16-8-6-5-7-9-16)30-14-17-10-11-19(31-17)25-13-12-18(26)23-21(25)28/h5-9,12-13,15,17,19H,10-11,14H2,1-4H3,(H,24,29)(H,23,26,28)/t15-,17-,19+,34?/m0/s1. The lowest BCUT2D eigenvalue weighted by Crippen LogP contribution is -2.39. The second-order valence-corrected chi connectivity index (χ2v) is 10.6. The number of ether oxygens (including phenoxy) is 2. The monoisotopic (exact) mass is 495 g/mol. The molecule has 2 heterocycles. The molecule has 0 bridgehead atoms. The van der Waals surface area contributed by atoms with Crippen LogP contribution >= 0.6 is 7.75 Å². The number of benzene rings is 1. The molecule has 0 saturated carbocycles. The summed E-state index contributed by atoms with van der Waals surface area (Å²) < 4.78 is 37.3. The third-order valence-electron chi connectivity index (χ3n) is 4.76. The van der Waals surface area contributed by atoms with Crippen molar-refractivity contribution < 1.29 is 27.9 Å². The number of para-hydroxylation sites is 1. The van der Waals surface area contributed by atoms with E-state index < -0.39 is 48.9 Å². The van der Waals surface area contributed by atoms with Crippen LogP contribution in [0.3, 0.4) is 0 Å². The average molecular weight is 495 g/mol. The van der Waals surface area contributed by atoms with E-state index in [4.69, 9.17) is 18.5 Å². The summed E-state index contributed by atoms with van der Waals surface area (Å²) in [6.45, 7) is 6.58. The summed E-state index contributed by atoms with van der Waals surface area (Å²) >= 11 is 0. The number of aromatic amines is 1. The van der Waals surface area contributed by atoms with Gasteiger partial charge in [0.2, 0.25) is 0 Å². The molecule has 2 aromatic rings. The van der Waals surface area contributed by atoms with Gasteiger partial charge in [0.15, 0.2) is 0 Å². The number of nitrogens with zero attached hydrogens (tertiary/aromatic N) is 1. The van der Waals surface area contributed by atoms with Crippen molar-refractivity contribution in [2.75, 3.05) is 6.61 Å². The molecule has 1 unspecified atom stereocenters. The van der Waals surface area contributed by atoms with Gasteiger partial charge in [-0.3, -0.25) is 23.7 Å². The first-order chi connectivity index (χ1) is 15.9. The van der Waals surface area contributed by atoms with Crippen molar-refractivity contribution >= 4 is 13.7 Å². The van der Waals surface area contributed by atoms with E-state index in [0.717, 1.165) is 0 Å². The molecule has 4 atom stereocenters. The van der Waals surface area contributed by atoms with Crippen LogP contribution in [0.15, 0.2) is 52.2 Å². The maximum atomic E-state index is 13.5. The molecule has 0 radical (unpaired) electrons. The van der Waals surface area contributed by atoms with Gasteiger partial charge in [-0.05, 0) is 52.7 Å². The molecule has 0 spiro atoms. The molecule has 3 rings (SSSR count). The number of aromatic nitrogens is 2. The van der Waals surface area contributed by atoms with Gasteiger partial charge in [-0.2, -0.15) is 5.09 Å². The van der Waals surface area contributed by atoms with Gasteiger partial charge in [0.05, 0.1) is 12.7 Å². The molecule has 1 fully saturated rings. The van der Waals surface area contributed by atoms with Crippen molar-refractivity contribution in [2.45, 2.75) is 64.5 Å². The van der Waals surface area contributed by atoms with Gasteiger partial charge in [0, 0.05) is 12.3 Å².